The summed E-state index contributed by atoms with van der Waals surface area (Å²) in [4.78, 5) is 5.15. The summed E-state index contributed by atoms with van der Waals surface area (Å²) < 4.78 is 0. The van der Waals surface area contributed by atoms with Gasteiger partial charge in [0.1, 0.15) is 0 Å². The quantitative estimate of drug-likeness (QED) is 0.850. The van der Waals surface area contributed by atoms with E-state index in [9.17, 15) is 0 Å². The molecule has 4 unspecified atom stereocenters. The summed E-state index contributed by atoms with van der Waals surface area (Å²) in [7, 11) is 4.44. The Morgan fingerprint density at radius 3 is 2.58 bits per heavy atom. The fraction of sp³-hybridized carbons (Fsp3) is 1.00. The zero-order valence-corrected chi connectivity index (χ0v) is 13.4. The standard InChI is InChI=1S/C16H33N3/c1-13-7-8-14(2)16(10-13,12-17)19-9-5-6-15(11-19)18(3)4/h13-15H,5-12,17H2,1-4H3. The van der Waals surface area contributed by atoms with Gasteiger partial charge in [0.15, 0.2) is 0 Å². The van der Waals surface area contributed by atoms with Gasteiger partial charge < -0.3 is 10.6 Å². The minimum atomic E-state index is 0.270. The zero-order chi connectivity index (χ0) is 14.0. The van der Waals surface area contributed by atoms with Crippen LogP contribution < -0.4 is 5.73 Å². The number of rotatable bonds is 3. The first kappa shape index (κ1) is 15.3. The van der Waals surface area contributed by atoms with Gasteiger partial charge in [0.2, 0.25) is 0 Å². The number of nitrogens with two attached hydrogens (primary N) is 1. The molecule has 0 amide bonds. The van der Waals surface area contributed by atoms with Gasteiger partial charge in [-0.1, -0.05) is 20.3 Å². The Morgan fingerprint density at radius 2 is 1.95 bits per heavy atom. The number of likely N-dealkylation sites (N-methyl/N-ethyl adjacent to an activating group) is 1. The van der Waals surface area contributed by atoms with Gasteiger partial charge >= 0.3 is 0 Å². The van der Waals surface area contributed by atoms with Crippen molar-refractivity contribution in [2.45, 2.75) is 57.5 Å². The number of piperidine rings is 1. The molecule has 0 bridgehead atoms. The zero-order valence-electron chi connectivity index (χ0n) is 13.4. The molecule has 1 saturated carbocycles. The Labute approximate surface area is 119 Å². The van der Waals surface area contributed by atoms with Gasteiger partial charge in [0, 0.05) is 24.7 Å². The molecule has 1 saturated heterocycles. The van der Waals surface area contributed by atoms with Crippen LogP contribution >= 0.6 is 0 Å². The fourth-order valence-electron chi connectivity index (χ4n) is 4.34. The summed E-state index contributed by atoms with van der Waals surface area (Å²) in [5.74, 6) is 1.58. The maximum Gasteiger partial charge on any atom is 0.0360 e. The molecule has 1 heterocycles. The molecule has 3 heteroatoms. The fourth-order valence-corrected chi connectivity index (χ4v) is 4.34. The van der Waals surface area contributed by atoms with Crippen LogP contribution in [0.25, 0.3) is 0 Å². The lowest BCUT2D eigenvalue weighted by atomic mass is 9.68. The number of likely N-dealkylation sites (tertiary alicyclic amines) is 1. The highest BCUT2D eigenvalue weighted by atomic mass is 15.3. The predicted octanol–water partition coefficient (Wildman–Crippen LogP) is 2.17. The van der Waals surface area contributed by atoms with Crippen LogP contribution in [0.3, 0.4) is 0 Å². The smallest absolute Gasteiger partial charge is 0.0360 e. The average molecular weight is 267 g/mol. The van der Waals surface area contributed by atoms with Crippen LogP contribution in [0.5, 0.6) is 0 Å². The molecule has 3 nitrogen and oxygen atoms in total. The van der Waals surface area contributed by atoms with Crippen LogP contribution in [-0.2, 0) is 0 Å². The molecule has 0 aromatic heterocycles. The Hall–Kier alpha value is -0.120. The summed E-state index contributed by atoms with van der Waals surface area (Å²) in [5.41, 5.74) is 6.56. The van der Waals surface area contributed by atoms with E-state index in [1.165, 1.54) is 45.2 Å². The summed E-state index contributed by atoms with van der Waals surface area (Å²) in [6, 6.07) is 0.710. The largest absolute Gasteiger partial charge is 0.329 e. The van der Waals surface area contributed by atoms with Gasteiger partial charge in [-0.25, -0.2) is 0 Å². The SMILES string of the molecule is CC1CCC(C)C(CN)(N2CCCC(N(C)C)C2)C1. The first-order valence-electron chi connectivity index (χ1n) is 8.11. The molecule has 2 rings (SSSR count). The van der Waals surface area contributed by atoms with Gasteiger partial charge in [-0.2, -0.15) is 0 Å². The normalized spacial score (nSPS) is 41.7. The van der Waals surface area contributed by atoms with Crippen molar-refractivity contribution in [1.29, 1.82) is 0 Å². The lowest BCUT2D eigenvalue weighted by Gasteiger charge is -2.54. The lowest BCUT2D eigenvalue weighted by molar-refractivity contribution is -0.0331. The van der Waals surface area contributed by atoms with Gasteiger partial charge in [-0.05, 0) is 58.2 Å². The van der Waals surface area contributed by atoms with E-state index < -0.39 is 0 Å². The topological polar surface area (TPSA) is 32.5 Å². The van der Waals surface area contributed by atoms with E-state index in [2.05, 4.69) is 37.7 Å². The van der Waals surface area contributed by atoms with E-state index in [0.717, 1.165) is 18.4 Å². The van der Waals surface area contributed by atoms with Crippen molar-refractivity contribution in [2.75, 3.05) is 33.7 Å². The molecule has 0 spiro atoms. The highest BCUT2D eigenvalue weighted by Gasteiger charge is 2.45. The third-order valence-corrected chi connectivity index (χ3v) is 5.82. The summed E-state index contributed by atoms with van der Waals surface area (Å²) in [6.07, 6.45) is 6.69. The van der Waals surface area contributed by atoms with Crippen LogP contribution in [0.2, 0.25) is 0 Å². The molecular formula is C16H33N3. The van der Waals surface area contributed by atoms with E-state index in [1.54, 1.807) is 0 Å². The maximum absolute atomic E-state index is 6.29. The first-order valence-corrected chi connectivity index (χ1v) is 8.11. The molecule has 112 valence electrons. The molecule has 4 atom stereocenters. The molecule has 0 radical (unpaired) electrons. The summed E-state index contributed by atoms with van der Waals surface area (Å²) in [5, 5.41) is 0. The third kappa shape index (κ3) is 2.98. The molecule has 2 fully saturated rings. The Kier molecular flexibility index (Phi) is 4.91. The van der Waals surface area contributed by atoms with Crippen LogP contribution in [-0.4, -0.2) is 55.1 Å². The first-order chi connectivity index (χ1) is 8.99. The minimum absolute atomic E-state index is 0.270. The van der Waals surface area contributed by atoms with E-state index >= 15 is 0 Å². The second kappa shape index (κ2) is 6.11. The van der Waals surface area contributed by atoms with Crippen molar-refractivity contribution >= 4 is 0 Å². The van der Waals surface area contributed by atoms with Crippen molar-refractivity contribution in [1.82, 2.24) is 9.80 Å². The Balaban J connectivity index is 2.15. The van der Waals surface area contributed by atoms with Crippen molar-refractivity contribution in [3.8, 4) is 0 Å². The second-order valence-corrected chi connectivity index (χ2v) is 7.30. The van der Waals surface area contributed by atoms with Crippen molar-refractivity contribution < 1.29 is 0 Å². The number of hydrogen-bond acceptors (Lipinski definition) is 3. The van der Waals surface area contributed by atoms with Crippen molar-refractivity contribution in [3.05, 3.63) is 0 Å². The van der Waals surface area contributed by atoms with E-state index in [4.69, 9.17) is 5.73 Å². The van der Waals surface area contributed by atoms with Crippen LogP contribution in [0.15, 0.2) is 0 Å². The Bertz CT molecular complexity index is 292. The third-order valence-electron chi connectivity index (χ3n) is 5.82. The van der Waals surface area contributed by atoms with E-state index in [1.807, 2.05) is 0 Å². The lowest BCUT2D eigenvalue weighted by Crippen LogP contribution is -2.64. The summed E-state index contributed by atoms with van der Waals surface area (Å²) >= 11 is 0. The second-order valence-electron chi connectivity index (χ2n) is 7.30. The van der Waals surface area contributed by atoms with Crippen LogP contribution in [0.1, 0.15) is 46.0 Å². The maximum atomic E-state index is 6.29. The van der Waals surface area contributed by atoms with Gasteiger partial charge in [0.25, 0.3) is 0 Å². The number of hydrogen-bond donors (Lipinski definition) is 1. The number of nitrogens with zero attached hydrogens (tertiary/aromatic N) is 2. The summed E-state index contributed by atoms with van der Waals surface area (Å²) in [6.45, 7) is 8.13. The molecule has 1 aliphatic heterocycles. The highest BCUT2D eigenvalue weighted by molar-refractivity contribution is 5.02. The molecule has 0 aromatic rings. The Morgan fingerprint density at radius 1 is 1.21 bits per heavy atom. The van der Waals surface area contributed by atoms with Crippen LogP contribution in [0, 0.1) is 11.8 Å². The van der Waals surface area contributed by atoms with Gasteiger partial charge in [-0.3, -0.25) is 4.90 Å². The minimum Gasteiger partial charge on any atom is -0.329 e. The monoisotopic (exact) mass is 267 g/mol. The van der Waals surface area contributed by atoms with Gasteiger partial charge in [-0.15, -0.1) is 0 Å². The van der Waals surface area contributed by atoms with Gasteiger partial charge in [0.05, 0.1) is 0 Å². The van der Waals surface area contributed by atoms with Crippen molar-refractivity contribution in [3.63, 3.8) is 0 Å². The molecule has 2 N–H and O–H groups in total. The van der Waals surface area contributed by atoms with Crippen LogP contribution in [0.4, 0.5) is 0 Å². The molecule has 0 aromatic carbocycles. The molecule has 1 aliphatic carbocycles. The van der Waals surface area contributed by atoms with Crippen molar-refractivity contribution in [2.24, 2.45) is 17.6 Å². The molecule has 2 aliphatic rings. The van der Waals surface area contributed by atoms with E-state index in [0.29, 0.717) is 6.04 Å². The highest BCUT2D eigenvalue weighted by Crippen LogP contribution is 2.41. The average Bonchev–Trinajstić information content (AvgIpc) is 2.41. The molecule has 19 heavy (non-hydrogen) atoms. The predicted molar refractivity (Wildman–Crippen MR) is 82.2 cm³/mol. The van der Waals surface area contributed by atoms with E-state index in [-0.39, 0.29) is 5.54 Å². The molecular weight excluding hydrogens is 234 g/mol.